The second kappa shape index (κ2) is 6.89. The van der Waals surface area contributed by atoms with Gasteiger partial charge in [0.2, 0.25) is 0 Å². The van der Waals surface area contributed by atoms with Gasteiger partial charge in [0.25, 0.3) is 11.8 Å². The third kappa shape index (κ3) is 2.93. The molecule has 0 fully saturated rings. The number of halogens is 1. The molecular formula is C19H16ClNO3. The zero-order valence-corrected chi connectivity index (χ0v) is 13.9. The monoisotopic (exact) mass is 341 g/mol. The number of carbonyl (C=O) groups is 2. The topological polar surface area (TPSA) is 46.6 Å². The standard InChI is InChI=1S/C19H16ClNO3/c1-2-12-24-15-10-8-13(9-11-15)16-17(20)19(23)21(18(16)22)14-6-4-3-5-7-14/h3-11H,2,12H2,1H3. The summed E-state index contributed by atoms with van der Waals surface area (Å²) in [5.41, 5.74) is 1.32. The molecule has 5 heteroatoms. The summed E-state index contributed by atoms with van der Waals surface area (Å²) in [6.45, 7) is 2.65. The molecule has 2 amide bonds. The number of nitrogens with zero attached hydrogens (tertiary/aromatic N) is 1. The van der Waals surface area contributed by atoms with Crippen molar-refractivity contribution in [1.82, 2.24) is 0 Å². The highest BCUT2D eigenvalue weighted by Gasteiger charge is 2.39. The maximum atomic E-state index is 12.7. The molecule has 2 aromatic rings. The minimum atomic E-state index is -0.505. The van der Waals surface area contributed by atoms with Crippen LogP contribution in [0.5, 0.6) is 5.75 Å². The van der Waals surface area contributed by atoms with Crippen LogP contribution in [0.1, 0.15) is 18.9 Å². The SMILES string of the molecule is CCCOc1ccc(C2=C(Cl)C(=O)N(c3ccccc3)C2=O)cc1. The Balaban J connectivity index is 1.90. The number of benzene rings is 2. The second-order valence-corrected chi connectivity index (χ2v) is 5.72. The Morgan fingerprint density at radius 2 is 1.62 bits per heavy atom. The Kier molecular flexibility index (Phi) is 4.67. The van der Waals surface area contributed by atoms with Gasteiger partial charge in [-0.15, -0.1) is 0 Å². The van der Waals surface area contributed by atoms with E-state index in [2.05, 4.69) is 0 Å². The predicted octanol–water partition coefficient (Wildman–Crippen LogP) is 4.00. The van der Waals surface area contributed by atoms with Gasteiger partial charge in [-0.2, -0.15) is 0 Å². The van der Waals surface area contributed by atoms with Crippen molar-refractivity contribution in [1.29, 1.82) is 0 Å². The molecule has 1 aliphatic heterocycles. The number of carbonyl (C=O) groups excluding carboxylic acids is 2. The lowest BCUT2D eigenvalue weighted by molar-refractivity contribution is -0.119. The number of hydrogen-bond donors (Lipinski definition) is 0. The molecule has 24 heavy (non-hydrogen) atoms. The van der Waals surface area contributed by atoms with Crippen molar-refractivity contribution in [3.8, 4) is 5.75 Å². The molecule has 0 spiro atoms. The van der Waals surface area contributed by atoms with E-state index >= 15 is 0 Å². The van der Waals surface area contributed by atoms with E-state index in [0.29, 0.717) is 23.6 Å². The van der Waals surface area contributed by atoms with Crippen LogP contribution in [0.3, 0.4) is 0 Å². The normalized spacial score (nSPS) is 14.5. The molecule has 3 rings (SSSR count). The largest absolute Gasteiger partial charge is 0.494 e. The van der Waals surface area contributed by atoms with Crippen molar-refractivity contribution >= 4 is 34.7 Å². The number of anilines is 1. The maximum Gasteiger partial charge on any atom is 0.277 e. The summed E-state index contributed by atoms with van der Waals surface area (Å²) < 4.78 is 5.53. The zero-order valence-electron chi connectivity index (χ0n) is 13.2. The van der Waals surface area contributed by atoms with Crippen LogP contribution in [-0.4, -0.2) is 18.4 Å². The van der Waals surface area contributed by atoms with Gasteiger partial charge >= 0.3 is 0 Å². The van der Waals surface area contributed by atoms with Crippen LogP contribution >= 0.6 is 11.6 Å². The molecule has 1 aliphatic rings. The molecule has 0 bridgehead atoms. The fraction of sp³-hybridized carbons (Fsp3) is 0.158. The second-order valence-electron chi connectivity index (χ2n) is 5.34. The molecule has 2 aromatic carbocycles. The molecule has 0 radical (unpaired) electrons. The quantitative estimate of drug-likeness (QED) is 0.772. The predicted molar refractivity (Wildman–Crippen MR) is 93.9 cm³/mol. The highest BCUT2D eigenvalue weighted by Crippen LogP contribution is 2.35. The number of para-hydroxylation sites is 1. The number of rotatable bonds is 5. The first-order valence-electron chi connectivity index (χ1n) is 7.70. The summed E-state index contributed by atoms with van der Waals surface area (Å²) >= 11 is 6.16. The molecular weight excluding hydrogens is 326 g/mol. The molecule has 0 aliphatic carbocycles. The van der Waals surface area contributed by atoms with Crippen LogP contribution in [0.15, 0.2) is 59.6 Å². The van der Waals surface area contributed by atoms with Crippen LogP contribution in [0.2, 0.25) is 0 Å². The van der Waals surface area contributed by atoms with E-state index in [-0.39, 0.29) is 10.6 Å². The summed E-state index contributed by atoms with van der Waals surface area (Å²) in [7, 11) is 0. The van der Waals surface area contributed by atoms with Crippen molar-refractivity contribution < 1.29 is 14.3 Å². The average molecular weight is 342 g/mol. The summed E-state index contributed by atoms with van der Waals surface area (Å²) in [4.78, 5) is 26.2. The molecule has 0 atom stereocenters. The van der Waals surface area contributed by atoms with Crippen molar-refractivity contribution in [3.63, 3.8) is 0 Å². The summed E-state index contributed by atoms with van der Waals surface area (Å²) in [5.74, 6) is -0.207. The molecule has 0 saturated carbocycles. The van der Waals surface area contributed by atoms with Gasteiger partial charge < -0.3 is 4.74 Å². The van der Waals surface area contributed by atoms with E-state index in [4.69, 9.17) is 16.3 Å². The van der Waals surface area contributed by atoms with E-state index in [1.54, 1.807) is 48.5 Å². The zero-order chi connectivity index (χ0) is 17.1. The molecule has 1 heterocycles. The highest BCUT2D eigenvalue weighted by atomic mass is 35.5. The smallest absolute Gasteiger partial charge is 0.277 e. The van der Waals surface area contributed by atoms with E-state index in [1.807, 2.05) is 13.0 Å². The molecule has 0 N–H and O–H groups in total. The maximum absolute atomic E-state index is 12.7. The third-order valence-corrected chi connectivity index (χ3v) is 4.01. The Morgan fingerprint density at radius 3 is 2.25 bits per heavy atom. The lowest BCUT2D eigenvalue weighted by Gasteiger charge is -2.14. The van der Waals surface area contributed by atoms with Gasteiger partial charge in [-0.1, -0.05) is 48.9 Å². The summed E-state index contributed by atoms with van der Waals surface area (Å²) in [6.07, 6.45) is 0.914. The van der Waals surface area contributed by atoms with Gasteiger partial charge in [0.05, 0.1) is 17.9 Å². The summed E-state index contributed by atoms with van der Waals surface area (Å²) in [5, 5.41) is -0.0638. The van der Waals surface area contributed by atoms with Crippen LogP contribution in [0.4, 0.5) is 5.69 Å². The minimum Gasteiger partial charge on any atom is -0.494 e. The van der Waals surface area contributed by atoms with Crippen molar-refractivity contribution in [3.05, 3.63) is 65.2 Å². The Hall–Kier alpha value is -2.59. The first-order valence-corrected chi connectivity index (χ1v) is 8.08. The lowest BCUT2D eigenvalue weighted by Crippen LogP contribution is -2.31. The van der Waals surface area contributed by atoms with E-state index in [0.717, 1.165) is 11.3 Å². The number of amides is 2. The van der Waals surface area contributed by atoms with Crippen LogP contribution in [0, 0.1) is 0 Å². The lowest BCUT2D eigenvalue weighted by atomic mass is 10.1. The number of imide groups is 1. The minimum absolute atomic E-state index is 0.0638. The molecule has 122 valence electrons. The molecule has 4 nitrogen and oxygen atoms in total. The summed E-state index contributed by atoms with van der Waals surface area (Å²) in [6, 6.07) is 15.8. The van der Waals surface area contributed by atoms with Gasteiger partial charge in [0, 0.05) is 0 Å². The fourth-order valence-corrected chi connectivity index (χ4v) is 2.78. The van der Waals surface area contributed by atoms with Gasteiger partial charge in [0.1, 0.15) is 10.8 Å². The molecule has 0 unspecified atom stereocenters. The van der Waals surface area contributed by atoms with Crippen LogP contribution in [0.25, 0.3) is 5.57 Å². The van der Waals surface area contributed by atoms with Crippen LogP contribution in [-0.2, 0) is 9.59 Å². The first-order chi connectivity index (χ1) is 11.6. The first kappa shape index (κ1) is 16.3. The Morgan fingerprint density at radius 1 is 0.958 bits per heavy atom. The highest BCUT2D eigenvalue weighted by molar-refractivity contribution is 6.60. The van der Waals surface area contributed by atoms with E-state index in [9.17, 15) is 9.59 Å². The number of ether oxygens (including phenoxy) is 1. The van der Waals surface area contributed by atoms with Crippen LogP contribution < -0.4 is 9.64 Å². The van der Waals surface area contributed by atoms with Crippen molar-refractivity contribution in [2.45, 2.75) is 13.3 Å². The van der Waals surface area contributed by atoms with E-state index < -0.39 is 11.8 Å². The van der Waals surface area contributed by atoms with Crippen molar-refractivity contribution in [2.24, 2.45) is 0 Å². The third-order valence-electron chi connectivity index (χ3n) is 3.66. The average Bonchev–Trinajstić information content (AvgIpc) is 2.84. The van der Waals surface area contributed by atoms with Gasteiger partial charge in [-0.25, -0.2) is 4.90 Å². The number of hydrogen-bond acceptors (Lipinski definition) is 3. The van der Waals surface area contributed by atoms with Gasteiger partial charge in [-0.05, 0) is 36.2 Å². The fourth-order valence-electron chi connectivity index (χ4n) is 2.50. The molecule has 0 aromatic heterocycles. The Bertz CT molecular complexity index is 797. The van der Waals surface area contributed by atoms with Gasteiger partial charge in [-0.3, -0.25) is 9.59 Å². The van der Waals surface area contributed by atoms with Crippen molar-refractivity contribution in [2.75, 3.05) is 11.5 Å². The van der Waals surface area contributed by atoms with E-state index in [1.165, 1.54) is 0 Å². The molecule has 0 saturated heterocycles. The van der Waals surface area contributed by atoms with Gasteiger partial charge in [0.15, 0.2) is 0 Å². The Labute approximate surface area is 145 Å².